The summed E-state index contributed by atoms with van der Waals surface area (Å²) in [6.07, 6.45) is 0. The van der Waals surface area contributed by atoms with E-state index in [4.69, 9.17) is 9.26 Å². The van der Waals surface area contributed by atoms with Crippen molar-refractivity contribution in [1.82, 2.24) is 10.1 Å². The molecule has 1 aromatic heterocycles. The number of ketones is 1. The first-order valence-electron chi connectivity index (χ1n) is 8.90. The van der Waals surface area contributed by atoms with Gasteiger partial charge in [-0.2, -0.15) is 4.98 Å². The number of hydrogen-bond donors (Lipinski definition) is 1. The highest BCUT2D eigenvalue weighted by Crippen LogP contribution is 2.22. The molecule has 0 bridgehead atoms. The number of Topliss-reactive ketones (excluding diaryl/α,β-unsaturated/α-hetero) is 1. The predicted octanol–water partition coefficient (Wildman–Crippen LogP) is 4.08. The minimum atomic E-state index is -0.293. The SMILES string of the molecule is CC(=O)c1ccc(NC(=O)COc2ccc(-c3nc(C(C)C)no3)cc2)cc1. The molecule has 2 aromatic carbocycles. The van der Waals surface area contributed by atoms with E-state index < -0.39 is 0 Å². The first-order valence-corrected chi connectivity index (χ1v) is 8.90. The molecule has 3 aromatic rings. The third-order valence-electron chi connectivity index (χ3n) is 4.00. The summed E-state index contributed by atoms with van der Waals surface area (Å²) in [7, 11) is 0. The molecular formula is C21H21N3O4. The summed E-state index contributed by atoms with van der Waals surface area (Å²) in [6, 6.07) is 13.8. The van der Waals surface area contributed by atoms with Crippen LogP contribution in [-0.2, 0) is 4.79 Å². The molecule has 0 saturated carbocycles. The molecular weight excluding hydrogens is 358 g/mol. The Kier molecular flexibility index (Phi) is 5.84. The Morgan fingerprint density at radius 1 is 1.07 bits per heavy atom. The van der Waals surface area contributed by atoms with E-state index in [2.05, 4.69) is 15.5 Å². The molecule has 0 atom stereocenters. The zero-order valence-corrected chi connectivity index (χ0v) is 15.9. The van der Waals surface area contributed by atoms with Crippen molar-refractivity contribution in [2.75, 3.05) is 11.9 Å². The number of amides is 1. The second-order valence-corrected chi connectivity index (χ2v) is 6.61. The van der Waals surface area contributed by atoms with Crippen LogP contribution in [0.5, 0.6) is 5.75 Å². The number of hydrogen-bond acceptors (Lipinski definition) is 6. The van der Waals surface area contributed by atoms with Gasteiger partial charge in [-0.05, 0) is 55.5 Å². The van der Waals surface area contributed by atoms with Crippen LogP contribution in [-0.4, -0.2) is 28.4 Å². The van der Waals surface area contributed by atoms with Crippen molar-refractivity contribution >= 4 is 17.4 Å². The summed E-state index contributed by atoms with van der Waals surface area (Å²) < 4.78 is 10.8. The van der Waals surface area contributed by atoms with Gasteiger partial charge < -0.3 is 14.6 Å². The lowest BCUT2D eigenvalue weighted by molar-refractivity contribution is -0.118. The lowest BCUT2D eigenvalue weighted by Crippen LogP contribution is -2.20. The average Bonchev–Trinajstić information content (AvgIpc) is 3.18. The van der Waals surface area contributed by atoms with E-state index in [1.165, 1.54) is 6.92 Å². The van der Waals surface area contributed by atoms with E-state index in [1.807, 2.05) is 13.8 Å². The number of ether oxygens (including phenoxy) is 1. The predicted molar refractivity (Wildman–Crippen MR) is 104 cm³/mol. The highest BCUT2D eigenvalue weighted by Gasteiger charge is 2.12. The lowest BCUT2D eigenvalue weighted by atomic mass is 10.1. The Morgan fingerprint density at radius 3 is 2.32 bits per heavy atom. The van der Waals surface area contributed by atoms with E-state index in [0.717, 1.165) is 5.56 Å². The van der Waals surface area contributed by atoms with Gasteiger partial charge in [-0.15, -0.1) is 0 Å². The zero-order valence-electron chi connectivity index (χ0n) is 15.9. The number of aromatic nitrogens is 2. The standard InChI is InChI=1S/C21H21N3O4/c1-13(2)20-23-21(28-24-20)16-6-10-18(11-7-16)27-12-19(26)22-17-8-4-15(5-9-17)14(3)25/h4-11,13H,12H2,1-3H3,(H,22,26). The molecule has 3 rings (SSSR count). The van der Waals surface area contributed by atoms with Crippen molar-refractivity contribution in [1.29, 1.82) is 0 Å². The van der Waals surface area contributed by atoms with Gasteiger partial charge in [0.1, 0.15) is 5.75 Å². The lowest BCUT2D eigenvalue weighted by Gasteiger charge is -2.08. The second kappa shape index (κ2) is 8.47. The van der Waals surface area contributed by atoms with E-state index in [0.29, 0.717) is 28.7 Å². The minimum absolute atomic E-state index is 0.0226. The highest BCUT2D eigenvalue weighted by molar-refractivity contribution is 5.95. The molecule has 7 nitrogen and oxygen atoms in total. The summed E-state index contributed by atoms with van der Waals surface area (Å²) in [6.45, 7) is 5.35. The molecule has 0 unspecified atom stereocenters. The molecule has 1 amide bonds. The summed E-state index contributed by atoms with van der Waals surface area (Å²) in [5, 5.41) is 6.66. The van der Waals surface area contributed by atoms with E-state index in [1.54, 1.807) is 48.5 Å². The maximum Gasteiger partial charge on any atom is 0.262 e. The Balaban J connectivity index is 1.54. The largest absolute Gasteiger partial charge is 0.484 e. The molecule has 0 fully saturated rings. The van der Waals surface area contributed by atoms with Gasteiger partial charge >= 0.3 is 0 Å². The minimum Gasteiger partial charge on any atom is -0.484 e. The maximum atomic E-state index is 12.0. The summed E-state index contributed by atoms with van der Waals surface area (Å²) in [5.74, 6) is 1.53. The first kappa shape index (κ1) is 19.3. The molecule has 28 heavy (non-hydrogen) atoms. The van der Waals surface area contributed by atoms with Crippen LogP contribution >= 0.6 is 0 Å². The Labute approximate surface area is 162 Å². The molecule has 0 spiro atoms. The molecule has 0 saturated heterocycles. The Morgan fingerprint density at radius 2 is 1.75 bits per heavy atom. The van der Waals surface area contributed by atoms with Crippen LogP contribution in [0.1, 0.15) is 42.9 Å². The average molecular weight is 379 g/mol. The van der Waals surface area contributed by atoms with Crippen molar-refractivity contribution in [3.05, 3.63) is 59.9 Å². The van der Waals surface area contributed by atoms with Crippen molar-refractivity contribution in [2.45, 2.75) is 26.7 Å². The molecule has 144 valence electrons. The molecule has 1 N–H and O–H groups in total. The number of carbonyl (C=O) groups is 2. The van der Waals surface area contributed by atoms with Gasteiger partial charge in [0.05, 0.1) is 0 Å². The molecule has 7 heteroatoms. The van der Waals surface area contributed by atoms with Crippen LogP contribution in [0.25, 0.3) is 11.5 Å². The van der Waals surface area contributed by atoms with Crippen molar-refractivity contribution in [2.24, 2.45) is 0 Å². The monoisotopic (exact) mass is 379 g/mol. The Bertz CT molecular complexity index is 960. The van der Waals surface area contributed by atoms with E-state index in [-0.39, 0.29) is 24.2 Å². The number of benzene rings is 2. The summed E-state index contributed by atoms with van der Waals surface area (Å²) in [4.78, 5) is 27.6. The molecule has 0 aliphatic heterocycles. The third-order valence-corrected chi connectivity index (χ3v) is 4.00. The van der Waals surface area contributed by atoms with Gasteiger partial charge in [0.25, 0.3) is 11.8 Å². The van der Waals surface area contributed by atoms with Crippen molar-refractivity contribution < 1.29 is 18.8 Å². The van der Waals surface area contributed by atoms with Crippen LogP contribution in [0, 0.1) is 0 Å². The Hall–Kier alpha value is -3.48. The fraction of sp³-hybridized carbons (Fsp3) is 0.238. The topological polar surface area (TPSA) is 94.3 Å². The first-order chi connectivity index (χ1) is 13.4. The van der Waals surface area contributed by atoms with Crippen LogP contribution in [0.4, 0.5) is 5.69 Å². The van der Waals surface area contributed by atoms with Gasteiger partial charge in [0, 0.05) is 22.7 Å². The fourth-order valence-corrected chi connectivity index (χ4v) is 2.41. The molecule has 0 aliphatic rings. The summed E-state index contributed by atoms with van der Waals surface area (Å²) >= 11 is 0. The second-order valence-electron chi connectivity index (χ2n) is 6.61. The van der Waals surface area contributed by atoms with Crippen LogP contribution in [0.3, 0.4) is 0 Å². The fourth-order valence-electron chi connectivity index (χ4n) is 2.41. The number of rotatable bonds is 7. The van der Waals surface area contributed by atoms with Crippen LogP contribution < -0.4 is 10.1 Å². The van der Waals surface area contributed by atoms with Gasteiger partial charge in [0.2, 0.25) is 0 Å². The quantitative estimate of drug-likeness (QED) is 0.622. The number of anilines is 1. The highest BCUT2D eigenvalue weighted by atomic mass is 16.5. The smallest absolute Gasteiger partial charge is 0.262 e. The summed E-state index contributed by atoms with van der Waals surface area (Å²) in [5.41, 5.74) is 1.98. The van der Waals surface area contributed by atoms with Gasteiger partial charge in [-0.1, -0.05) is 19.0 Å². The van der Waals surface area contributed by atoms with Crippen LogP contribution in [0.2, 0.25) is 0 Å². The van der Waals surface area contributed by atoms with Crippen LogP contribution in [0.15, 0.2) is 53.1 Å². The maximum absolute atomic E-state index is 12.0. The number of nitrogens with zero attached hydrogens (tertiary/aromatic N) is 2. The molecule has 0 radical (unpaired) electrons. The van der Waals surface area contributed by atoms with E-state index in [9.17, 15) is 9.59 Å². The van der Waals surface area contributed by atoms with Crippen molar-refractivity contribution in [3.8, 4) is 17.2 Å². The molecule has 0 aliphatic carbocycles. The van der Waals surface area contributed by atoms with Gasteiger partial charge in [0.15, 0.2) is 18.2 Å². The van der Waals surface area contributed by atoms with Gasteiger partial charge in [-0.25, -0.2) is 0 Å². The number of carbonyl (C=O) groups excluding carboxylic acids is 2. The third kappa shape index (κ3) is 4.82. The van der Waals surface area contributed by atoms with Gasteiger partial charge in [-0.3, -0.25) is 9.59 Å². The zero-order chi connectivity index (χ0) is 20.1. The van der Waals surface area contributed by atoms with Crippen molar-refractivity contribution in [3.63, 3.8) is 0 Å². The van der Waals surface area contributed by atoms with E-state index >= 15 is 0 Å². The number of nitrogens with one attached hydrogen (secondary N) is 1. The molecule has 1 heterocycles. The normalized spacial score (nSPS) is 10.7.